The number of rotatable bonds is 5. The van der Waals surface area contributed by atoms with Gasteiger partial charge in [-0.2, -0.15) is 22.5 Å². The average molecular weight is 390 g/mol. The lowest BCUT2D eigenvalue weighted by Crippen LogP contribution is -2.14. The molecule has 5 nitrogen and oxygen atoms in total. The van der Waals surface area contributed by atoms with Gasteiger partial charge in [-0.15, -0.1) is 0 Å². The summed E-state index contributed by atoms with van der Waals surface area (Å²) in [7, 11) is 0. The monoisotopic (exact) mass is 390 g/mol. The topological polar surface area (TPSA) is 66.9 Å². The van der Waals surface area contributed by atoms with E-state index in [1.165, 1.54) is 12.4 Å². The predicted molar refractivity (Wildman–Crippen MR) is 94.7 cm³/mol. The lowest BCUT2D eigenvalue weighted by molar-refractivity contribution is 0.102. The summed E-state index contributed by atoms with van der Waals surface area (Å²) in [6, 6.07) is 8.82. The zero-order valence-electron chi connectivity index (χ0n) is 14.5. The first-order valence-corrected chi connectivity index (χ1v) is 8.14. The summed E-state index contributed by atoms with van der Waals surface area (Å²) in [4.78, 5) is 18.4. The van der Waals surface area contributed by atoms with E-state index in [1.54, 1.807) is 43.3 Å². The molecule has 1 amide bonds. The molecule has 2 N–H and O–H groups in total. The van der Waals surface area contributed by atoms with Crippen molar-refractivity contribution in [3.8, 4) is 0 Å². The van der Waals surface area contributed by atoms with Crippen molar-refractivity contribution in [3.05, 3.63) is 83.4 Å². The Kier molecular flexibility index (Phi) is 5.53. The van der Waals surface area contributed by atoms with Gasteiger partial charge in [0.25, 0.3) is 17.8 Å². The van der Waals surface area contributed by atoms with E-state index in [4.69, 9.17) is 0 Å². The highest BCUT2D eigenvalue weighted by Crippen LogP contribution is 2.27. The summed E-state index contributed by atoms with van der Waals surface area (Å²) < 4.78 is 53.9. The number of hydrogen-bond donors (Lipinski definition) is 2. The van der Waals surface area contributed by atoms with Gasteiger partial charge < -0.3 is 10.6 Å². The Labute approximate surface area is 157 Å². The highest BCUT2D eigenvalue weighted by Gasteiger charge is 2.22. The van der Waals surface area contributed by atoms with Gasteiger partial charge in [0.15, 0.2) is 0 Å². The van der Waals surface area contributed by atoms with Crippen LogP contribution in [0.25, 0.3) is 0 Å². The molecule has 3 rings (SSSR count). The molecule has 28 heavy (non-hydrogen) atoms. The molecular weight excluding hydrogens is 376 g/mol. The molecule has 1 atom stereocenters. The molecule has 0 saturated carbocycles. The summed E-state index contributed by atoms with van der Waals surface area (Å²) in [6.07, 6.45) is 2.99. The van der Waals surface area contributed by atoms with Crippen molar-refractivity contribution in [1.29, 1.82) is 0 Å². The third kappa shape index (κ3) is 4.08. The maximum absolute atomic E-state index is 13.7. The van der Waals surface area contributed by atoms with Gasteiger partial charge in [-0.05, 0) is 36.8 Å². The van der Waals surface area contributed by atoms with Crippen molar-refractivity contribution < 1.29 is 22.4 Å². The zero-order valence-corrected chi connectivity index (χ0v) is 14.5. The molecule has 144 valence electrons. The van der Waals surface area contributed by atoms with Crippen LogP contribution in [-0.2, 0) is 0 Å². The van der Waals surface area contributed by atoms with Crippen LogP contribution in [0.1, 0.15) is 28.9 Å². The fourth-order valence-electron chi connectivity index (χ4n) is 2.48. The summed E-state index contributed by atoms with van der Waals surface area (Å²) in [5.74, 6) is -7.00. The van der Waals surface area contributed by atoms with Gasteiger partial charge in [-0.25, -0.2) is 0 Å². The second-order valence-electron chi connectivity index (χ2n) is 5.87. The quantitative estimate of drug-likeness (QED) is 0.499. The SMILES string of the molecule is CC(Nc1c(F)c(F)nc(F)c1F)c1ccc(NC(=O)c2ccncc2)cc1. The van der Waals surface area contributed by atoms with Crippen molar-refractivity contribution in [2.45, 2.75) is 13.0 Å². The van der Waals surface area contributed by atoms with Crippen molar-refractivity contribution in [3.63, 3.8) is 0 Å². The number of carbonyl (C=O) groups is 1. The number of anilines is 2. The van der Waals surface area contributed by atoms with Crippen LogP contribution in [0.5, 0.6) is 0 Å². The van der Waals surface area contributed by atoms with Crippen LogP contribution in [0.15, 0.2) is 48.8 Å². The van der Waals surface area contributed by atoms with E-state index in [-0.39, 0.29) is 5.91 Å². The van der Waals surface area contributed by atoms with Crippen molar-refractivity contribution in [2.75, 3.05) is 10.6 Å². The second kappa shape index (κ2) is 8.03. The Morgan fingerprint density at radius 1 is 0.929 bits per heavy atom. The number of amides is 1. The molecule has 9 heteroatoms. The molecule has 0 radical (unpaired) electrons. The molecule has 0 aliphatic heterocycles. The first kappa shape index (κ1) is 19.3. The fraction of sp³-hybridized carbons (Fsp3) is 0.105. The van der Waals surface area contributed by atoms with Gasteiger partial charge >= 0.3 is 0 Å². The Morgan fingerprint density at radius 3 is 2.07 bits per heavy atom. The van der Waals surface area contributed by atoms with Crippen LogP contribution in [0.4, 0.5) is 28.9 Å². The van der Waals surface area contributed by atoms with E-state index in [9.17, 15) is 22.4 Å². The van der Waals surface area contributed by atoms with Crippen LogP contribution in [0.2, 0.25) is 0 Å². The van der Waals surface area contributed by atoms with E-state index in [2.05, 4.69) is 20.6 Å². The molecule has 0 saturated heterocycles. The smallest absolute Gasteiger partial charge is 0.255 e. The summed E-state index contributed by atoms with van der Waals surface area (Å²) in [5.41, 5.74) is 0.559. The zero-order chi connectivity index (χ0) is 20.3. The third-order valence-electron chi connectivity index (χ3n) is 3.97. The molecule has 0 aliphatic carbocycles. The van der Waals surface area contributed by atoms with Crippen molar-refractivity contribution >= 4 is 17.3 Å². The summed E-state index contributed by atoms with van der Waals surface area (Å²) in [5, 5.41) is 5.09. The van der Waals surface area contributed by atoms with Crippen molar-refractivity contribution in [2.24, 2.45) is 0 Å². The van der Waals surface area contributed by atoms with E-state index in [0.717, 1.165) is 0 Å². The lowest BCUT2D eigenvalue weighted by atomic mass is 10.1. The minimum Gasteiger partial charge on any atom is -0.373 e. The number of benzene rings is 1. The molecule has 2 heterocycles. The van der Waals surface area contributed by atoms with Gasteiger partial charge in [-0.1, -0.05) is 12.1 Å². The summed E-state index contributed by atoms with van der Waals surface area (Å²) in [6.45, 7) is 1.56. The summed E-state index contributed by atoms with van der Waals surface area (Å²) >= 11 is 0. The first-order chi connectivity index (χ1) is 13.4. The number of carbonyl (C=O) groups excluding carboxylic acids is 1. The lowest BCUT2D eigenvalue weighted by Gasteiger charge is -2.17. The Hall–Kier alpha value is -3.49. The third-order valence-corrected chi connectivity index (χ3v) is 3.97. The number of aromatic nitrogens is 2. The van der Waals surface area contributed by atoms with E-state index < -0.39 is 35.3 Å². The molecule has 3 aromatic rings. The van der Waals surface area contributed by atoms with E-state index >= 15 is 0 Å². The highest BCUT2D eigenvalue weighted by molar-refractivity contribution is 6.04. The standard InChI is InChI=1S/C19H14F4N4O/c1-10(25-16-14(20)17(22)27-18(23)15(16)21)11-2-4-13(5-3-11)26-19(28)12-6-8-24-9-7-12/h2-10H,1H3,(H,25,27)(H,26,28). The molecule has 2 aromatic heterocycles. The largest absolute Gasteiger partial charge is 0.373 e. The van der Waals surface area contributed by atoms with Crippen LogP contribution < -0.4 is 10.6 Å². The van der Waals surface area contributed by atoms with Gasteiger partial charge in [0.05, 0.1) is 0 Å². The molecule has 0 spiro atoms. The minimum absolute atomic E-state index is 0.326. The predicted octanol–water partition coefficient (Wildman–Crippen LogP) is 4.46. The van der Waals surface area contributed by atoms with Crippen LogP contribution in [-0.4, -0.2) is 15.9 Å². The number of halogens is 4. The minimum atomic E-state index is -1.73. The number of nitrogens with one attached hydrogen (secondary N) is 2. The van der Waals surface area contributed by atoms with Gasteiger partial charge in [0, 0.05) is 29.7 Å². The van der Waals surface area contributed by atoms with Crippen LogP contribution >= 0.6 is 0 Å². The van der Waals surface area contributed by atoms with E-state index in [0.29, 0.717) is 16.8 Å². The number of nitrogens with zero attached hydrogens (tertiary/aromatic N) is 2. The van der Waals surface area contributed by atoms with Gasteiger partial charge in [-0.3, -0.25) is 9.78 Å². The Morgan fingerprint density at radius 2 is 1.50 bits per heavy atom. The van der Waals surface area contributed by atoms with Crippen molar-refractivity contribution in [1.82, 2.24) is 9.97 Å². The van der Waals surface area contributed by atoms with Gasteiger partial charge in [0.2, 0.25) is 11.6 Å². The molecule has 0 aliphatic rings. The fourth-order valence-corrected chi connectivity index (χ4v) is 2.48. The molecular formula is C19H14F4N4O. The Bertz CT molecular complexity index is 971. The number of pyridine rings is 2. The number of hydrogen-bond acceptors (Lipinski definition) is 4. The van der Waals surface area contributed by atoms with Crippen LogP contribution in [0, 0.1) is 23.5 Å². The molecule has 0 bridgehead atoms. The van der Waals surface area contributed by atoms with Gasteiger partial charge in [0.1, 0.15) is 5.69 Å². The average Bonchev–Trinajstić information content (AvgIpc) is 2.70. The molecule has 1 aromatic carbocycles. The highest BCUT2D eigenvalue weighted by atomic mass is 19.2. The first-order valence-electron chi connectivity index (χ1n) is 8.14. The maximum Gasteiger partial charge on any atom is 0.255 e. The normalized spacial score (nSPS) is 11.8. The van der Waals surface area contributed by atoms with E-state index in [1.807, 2.05) is 0 Å². The molecule has 0 fully saturated rings. The van der Waals surface area contributed by atoms with Crippen LogP contribution in [0.3, 0.4) is 0 Å². The molecule has 1 unspecified atom stereocenters. The maximum atomic E-state index is 13.7. The second-order valence-corrected chi connectivity index (χ2v) is 5.87. The Balaban J connectivity index is 1.73.